The summed E-state index contributed by atoms with van der Waals surface area (Å²) in [7, 11) is 0. The first-order valence-electron chi connectivity index (χ1n) is 12.6. The van der Waals surface area contributed by atoms with E-state index < -0.39 is 6.30 Å². The minimum absolute atomic E-state index is 0.0574. The fourth-order valence-electron chi connectivity index (χ4n) is 4.94. The van der Waals surface area contributed by atoms with Crippen LogP contribution < -0.4 is 15.8 Å². The number of nitrogens with zero attached hydrogens (tertiary/aromatic N) is 5. The van der Waals surface area contributed by atoms with Crippen molar-refractivity contribution in [3.8, 4) is 0 Å². The van der Waals surface area contributed by atoms with Crippen LogP contribution in [0.15, 0.2) is 66.0 Å². The summed E-state index contributed by atoms with van der Waals surface area (Å²) < 4.78 is 40.3. The van der Waals surface area contributed by atoms with E-state index in [-0.39, 0.29) is 24.6 Å². The van der Waals surface area contributed by atoms with Crippen LogP contribution in [0.25, 0.3) is 11.0 Å². The van der Waals surface area contributed by atoms with Crippen LogP contribution in [0.5, 0.6) is 0 Å². The summed E-state index contributed by atoms with van der Waals surface area (Å²) in [6.07, 6.45) is -2.21. The molecular weight excluding hydrogens is 497 g/mol. The molecule has 3 aromatic rings. The van der Waals surface area contributed by atoms with Gasteiger partial charge < -0.3 is 15.1 Å². The molecule has 2 aliphatic heterocycles. The SMILES string of the molecule is C=CC(=O)N1CC(CCn2c(=O)ccc3ccc(Nc4ccc(N5CCN(C(F)(F)F)CC5)cc4)nc32)C1. The lowest BCUT2D eigenvalue weighted by Gasteiger charge is -2.38. The number of amides is 1. The van der Waals surface area contributed by atoms with Gasteiger partial charge in [-0.25, -0.2) is 9.88 Å². The molecule has 8 nitrogen and oxygen atoms in total. The number of hydrogen-bond donors (Lipinski definition) is 1. The zero-order valence-corrected chi connectivity index (χ0v) is 20.8. The predicted octanol–water partition coefficient (Wildman–Crippen LogP) is 3.82. The Bertz CT molecular complexity index is 1370. The van der Waals surface area contributed by atoms with Gasteiger partial charge in [0.15, 0.2) is 0 Å². The van der Waals surface area contributed by atoms with E-state index in [1.807, 2.05) is 41.3 Å². The molecular formula is C27H29F3N6O2. The predicted molar refractivity (Wildman–Crippen MR) is 140 cm³/mol. The van der Waals surface area contributed by atoms with Gasteiger partial charge in [-0.2, -0.15) is 13.2 Å². The number of piperazine rings is 1. The summed E-state index contributed by atoms with van der Waals surface area (Å²) in [5.41, 5.74) is 2.10. The number of fused-ring (bicyclic) bond motifs is 1. The van der Waals surface area contributed by atoms with Gasteiger partial charge in [0.05, 0.1) is 0 Å². The highest BCUT2D eigenvalue weighted by molar-refractivity contribution is 5.87. The molecule has 0 saturated carbocycles. The number of pyridine rings is 2. The van der Waals surface area contributed by atoms with E-state index in [2.05, 4.69) is 11.9 Å². The van der Waals surface area contributed by atoms with Crippen molar-refractivity contribution in [2.75, 3.05) is 49.5 Å². The minimum atomic E-state index is -4.29. The Balaban J connectivity index is 1.24. The lowest BCUT2D eigenvalue weighted by Crippen LogP contribution is -2.51. The number of halogens is 3. The summed E-state index contributed by atoms with van der Waals surface area (Å²) in [6, 6.07) is 14.5. The molecule has 200 valence electrons. The number of aromatic nitrogens is 2. The average Bonchev–Trinajstić information content (AvgIpc) is 2.88. The van der Waals surface area contributed by atoms with E-state index in [9.17, 15) is 22.8 Å². The van der Waals surface area contributed by atoms with Gasteiger partial charge in [-0.15, -0.1) is 0 Å². The van der Waals surface area contributed by atoms with Gasteiger partial charge in [-0.3, -0.25) is 14.2 Å². The van der Waals surface area contributed by atoms with Crippen LogP contribution in [0.2, 0.25) is 0 Å². The van der Waals surface area contributed by atoms with E-state index in [0.29, 0.717) is 55.0 Å². The Kier molecular flexibility index (Phi) is 7.11. The summed E-state index contributed by atoms with van der Waals surface area (Å²) in [5, 5.41) is 4.10. The summed E-state index contributed by atoms with van der Waals surface area (Å²) in [6.45, 7) is 5.84. The standard InChI is InChI=1S/C27H29F3N6O2/c1-2-24(37)34-17-19(18-34)11-12-36-25(38)10-4-20-3-9-23(32-26(20)36)31-21-5-7-22(8-6-21)33-13-15-35(16-14-33)27(28,29)30/h2-10,19H,1,11-18H2,(H,31,32). The molecule has 38 heavy (non-hydrogen) atoms. The second-order valence-electron chi connectivity index (χ2n) is 9.65. The molecule has 1 aromatic carbocycles. The van der Waals surface area contributed by atoms with E-state index in [0.717, 1.165) is 23.2 Å². The molecule has 1 amide bonds. The highest BCUT2D eigenvalue weighted by atomic mass is 19.4. The molecule has 0 unspecified atom stereocenters. The highest BCUT2D eigenvalue weighted by Crippen LogP contribution is 2.27. The molecule has 4 heterocycles. The van der Waals surface area contributed by atoms with Crippen molar-refractivity contribution in [1.82, 2.24) is 19.4 Å². The first kappa shape index (κ1) is 25.8. The third kappa shape index (κ3) is 5.52. The first-order chi connectivity index (χ1) is 18.2. The molecule has 2 aliphatic rings. The van der Waals surface area contributed by atoms with Crippen molar-refractivity contribution < 1.29 is 18.0 Å². The van der Waals surface area contributed by atoms with Crippen LogP contribution >= 0.6 is 0 Å². The van der Waals surface area contributed by atoms with Crippen molar-refractivity contribution in [3.63, 3.8) is 0 Å². The minimum Gasteiger partial charge on any atom is -0.369 e. The molecule has 2 saturated heterocycles. The van der Waals surface area contributed by atoms with Crippen molar-refractivity contribution in [2.24, 2.45) is 5.92 Å². The maximum Gasteiger partial charge on any atom is 0.460 e. The van der Waals surface area contributed by atoms with Crippen molar-refractivity contribution in [3.05, 3.63) is 71.5 Å². The van der Waals surface area contributed by atoms with Crippen LogP contribution in [0, 0.1) is 5.92 Å². The lowest BCUT2D eigenvalue weighted by molar-refractivity contribution is -0.246. The molecule has 0 radical (unpaired) electrons. The molecule has 5 rings (SSSR count). The number of benzene rings is 1. The third-order valence-corrected chi connectivity index (χ3v) is 7.18. The van der Waals surface area contributed by atoms with Gasteiger partial charge in [0.1, 0.15) is 11.5 Å². The second kappa shape index (κ2) is 10.5. The molecule has 2 fully saturated rings. The largest absolute Gasteiger partial charge is 0.460 e. The molecule has 0 atom stereocenters. The van der Waals surface area contributed by atoms with Gasteiger partial charge in [-0.1, -0.05) is 6.58 Å². The van der Waals surface area contributed by atoms with Crippen LogP contribution in [0.4, 0.5) is 30.4 Å². The number of carbonyl (C=O) groups is 1. The van der Waals surface area contributed by atoms with E-state index in [1.54, 1.807) is 21.6 Å². The first-order valence-corrected chi connectivity index (χ1v) is 12.6. The van der Waals surface area contributed by atoms with Gasteiger partial charge in [0, 0.05) is 68.6 Å². The highest BCUT2D eigenvalue weighted by Gasteiger charge is 2.38. The Morgan fingerprint density at radius 1 is 1.03 bits per heavy atom. The summed E-state index contributed by atoms with van der Waals surface area (Å²) >= 11 is 0. The molecule has 0 aliphatic carbocycles. The quantitative estimate of drug-likeness (QED) is 0.373. The van der Waals surface area contributed by atoms with Gasteiger partial charge >= 0.3 is 6.30 Å². The van der Waals surface area contributed by atoms with Gasteiger partial charge in [0.2, 0.25) is 5.91 Å². The molecule has 0 spiro atoms. The fourth-order valence-corrected chi connectivity index (χ4v) is 4.94. The van der Waals surface area contributed by atoms with Crippen molar-refractivity contribution >= 4 is 34.1 Å². The van der Waals surface area contributed by atoms with Crippen LogP contribution in [0.1, 0.15) is 6.42 Å². The number of rotatable bonds is 7. The number of nitrogens with one attached hydrogen (secondary N) is 1. The Morgan fingerprint density at radius 3 is 2.37 bits per heavy atom. The monoisotopic (exact) mass is 526 g/mol. The molecule has 11 heteroatoms. The van der Waals surface area contributed by atoms with Crippen molar-refractivity contribution in [1.29, 1.82) is 0 Å². The molecule has 2 aromatic heterocycles. The van der Waals surface area contributed by atoms with E-state index in [4.69, 9.17) is 4.98 Å². The normalized spacial score (nSPS) is 16.9. The maximum atomic E-state index is 12.9. The second-order valence-corrected chi connectivity index (χ2v) is 9.65. The molecule has 1 N–H and O–H groups in total. The van der Waals surface area contributed by atoms with Gasteiger partial charge in [0.25, 0.3) is 5.56 Å². The third-order valence-electron chi connectivity index (χ3n) is 7.18. The van der Waals surface area contributed by atoms with Crippen LogP contribution in [0.3, 0.4) is 0 Å². The van der Waals surface area contributed by atoms with Crippen molar-refractivity contribution in [2.45, 2.75) is 19.3 Å². The van der Waals surface area contributed by atoms with E-state index in [1.165, 1.54) is 6.08 Å². The Labute approximate surface area is 218 Å². The molecule has 0 bridgehead atoms. The number of likely N-dealkylation sites (tertiary alicyclic amines) is 1. The number of anilines is 3. The van der Waals surface area contributed by atoms with Crippen LogP contribution in [-0.4, -0.2) is 70.8 Å². The number of hydrogen-bond acceptors (Lipinski definition) is 6. The number of aryl methyl sites for hydroxylation is 1. The van der Waals surface area contributed by atoms with E-state index >= 15 is 0 Å². The smallest absolute Gasteiger partial charge is 0.369 e. The summed E-state index contributed by atoms with van der Waals surface area (Å²) in [4.78, 5) is 33.2. The lowest BCUT2D eigenvalue weighted by atomic mass is 9.96. The maximum absolute atomic E-state index is 12.9. The zero-order chi connectivity index (χ0) is 26.9. The van der Waals surface area contributed by atoms with Gasteiger partial charge in [-0.05, 0) is 60.9 Å². The van der Waals surface area contributed by atoms with Crippen LogP contribution in [-0.2, 0) is 11.3 Å². The average molecular weight is 527 g/mol. The number of alkyl halides is 3. The zero-order valence-electron chi connectivity index (χ0n) is 20.8. The Morgan fingerprint density at radius 2 is 1.71 bits per heavy atom. The summed E-state index contributed by atoms with van der Waals surface area (Å²) in [5.74, 6) is 0.838. The fraction of sp³-hybridized carbons (Fsp3) is 0.370. The number of carbonyl (C=O) groups excluding carboxylic acids is 1. The topological polar surface area (TPSA) is 73.7 Å². The Hall–Kier alpha value is -3.86.